The van der Waals surface area contributed by atoms with Gasteiger partial charge in [-0.2, -0.15) is 54.0 Å². The van der Waals surface area contributed by atoms with Crippen LogP contribution >= 0.6 is 93.9 Å². The zero-order valence-electron chi connectivity index (χ0n) is 39.0. The highest BCUT2D eigenvalue weighted by atomic mass is 127. The molecule has 3 heterocycles. The SMILES string of the molecule is C.CC1(C)OB(B2OC(C)(C)C(C)(C)O2)OC1(C)C.CCOC(=O)[C@H]1C[C@@H]1c1ccc(B2OC(C)(C)C(C)(C)O2)c(F)c1.CCOC(=O)[C@H]1C[C@@H]1c1ccc(Br)c(F)c1.I.S.S.S.S. The van der Waals surface area contributed by atoms with Gasteiger partial charge >= 0.3 is 33.1 Å². The van der Waals surface area contributed by atoms with Gasteiger partial charge in [-0.15, -0.1) is 24.0 Å². The Morgan fingerprint density at radius 3 is 1.22 bits per heavy atom. The third-order valence-corrected chi connectivity index (χ3v) is 13.5. The summed E-state index contributed by atoms with van der Waals surface area (Å²) in [6, 6.07) is 10.0. The molecule has 4 atom stereocenters. The van der Waals surface area contributed by atoms with Crippen LogP contribution in [-0.4, -0.2) is 79.9 Å². The van der Waals surface area contributed by atoms with Crippen molar-refractivity contribution in [2.75, 3.05) is 13.2 Å². The van der Waals surface area contributed by atoms with Crippen molar-refractivity contribution < 1.29 is 55.8 Å². The maximum absolute atomic E-state index is 14.6. The van der Waals surface area contributed by atoms with Gasteiger partial charge < -0.3 is 37.4 Å². The number of benzene rings is 2. The van der Waals surface area contributed by atoms with Crippen LogP contribution in [0, 0.1) is 23.5 Å². The second-order valence-corrected chi connectivity index (χ2v) is 19.5. The van der Waals surface area contributed by atoms with Crippen molar-refractivity contribution in [2.45, 2.75) is 163 Å². The lowest BCUT2D eigenvalue weighted by Crippen LogP contribution is -2.41. The molecule has 21 heteroatoms. The molecule has 0 N–H and O–H groups in total. The first kappa shape index (κ1) is 65.9. The van der Waals surface area contributed by atoms with E-state index in [4.69, 9.17) is 37.4 Å². The van der Waals surface area contributed by atoms with Gasteiger partial charge in [-0.05, 0) is 167 Å². The Labute approximate surface area is 436 Å². The van der Waals surface area contributed by atoms with Crippen LogP contribution in [0.25, 0.3) is 0 Å². The highest BCUT2D eigenvalue weighted by molar-refractivity contribution is 14.0. The van der Waals surface area contributed by atoms with Crippen molar-refractivity contribution in [1.82, 2.24) is 0 Å². The molecule has 2 aliphatic carbocycles. The van der Waals surface area contributed by atoms with Crippen LogP contribution in [0.4, 0.5) is 8.78 Å². The quantitative estimate of drug-likeness (QED) is 0.144. The van der Waals surface area contributed by atoms with Gasteiger partial charge in [-0.25, -0.2) is 8.78 Å². The molecule has 0 aromatic heterocycles. The van der Waals surface area contributed by atoms with Crippen molar-refractivity contribution in [3.05, 3.63) is 63.6 Å². The lowest BCUT2D eigenvalue weighted by atomic mass is 9.49. The van der Waals surface area contributed by atoms with Crippen LogP contribution < -0.4 is 5.46 Å². The first-order valence-electron chi connectivity index (χ1n) is 20.3. The summed E-state index contributed by atoms with van der Waals surface area (Å²) in [5, 5.41) is 0. The van der Waals surface area contributed by atoms with Gasteiger partial charge in [0.15, 0.2) is 0 Å². The molecule has 3 aliphatic heterocycles. The number of carbonyl (C=O) groups excluding carboxylic acids is 2. The number of hydrogen-bond acceptors (Lipinski definition) is 10. The lowest BCUT2D eigenvalue weighted by molar-refractivity contribution is -0.145. The predicted octanol–water partition coefficient (Wildman–Crippen LogP) is 10.0. The molecule has 0 amide bonds. The number of carbonyl (C=O) groups is 2. The summed E-state index contributed by atoms with van der Waals surface area (Å²) in [4.78, 5) is 23.2. The minimum absolute atomic E-state index is 0. The van der Waals surface area contributed by atoms with Crippen LogP contribution in [0.3, 0.4) is 0 Å². The number of hydrogen-bond donors (Lipinski definition) is 0. The van der Waals surface area contributed by atoms with Crippen molar-refractivity contribution in [1.29, 1.82) is 0 Å². The van der Waals surface area contributed by atoms with E-state index in [1.165, 1.54) is 12.1 Å². The van der Waals surface area contributed by atoms with Crippen LogP contribution in [0.15, 0.2) is 40.9 Å². The number of esters is 2. The normalized spacial score (nSPS) is 24.9. The van der Waals surface area contributed by atoms with E-state index in [1.807, 2.05) is 95.2 Å². The second-order valence-electron chi connectivity index (χ2n) is 18.7. The van der Waals surface area contributed by atoms with Gasteiger partial charge in [0.25, 0.3) is 0 Å². The number of ether oxygens (including phenoxy) is 2. The molecule has 2 aromatic carbocycles. The van der Waals surface area contributed by atoms with Crippen molar-refractivity contribution in [2.24, 2.45) is 11.8 Å². The van der Waals surface area contributed by atoms with Crippen LogP contribution in [0.5, 0.6) is 0 Å². The Morgan fingerprint density at radius 1 is 0.594 bits per heavy atom. The average Bonchev–Trinajstić information content (AvgIpc) is 4.01. The van der Waals surface area contributed by atoms with Gasteiger partial charge in [-0.3, -0.25) is 9.59 Å². The molecule has 5 aliphatic rings. The van der Waals surface area contributed by atoms with E-state index >= 15 is 0 Å². The van der Waals surface area contributed by atoms with Crippen molar-refractivity contribution in [3.63, 3.8) is 0 Å². The second kappa shape index (κ2) is 24.6. The molecule has 366 valence electrons. The van der Waals surface area contributed by atoms with E-state index in [2.05, 4.69) is 15.9 Å². The van der Waals surface area contributed by atoms with E-state index < -0.39 is 32.3 Å². The minimum Gasteiger partial charge on any atom is -0.466 e. The molecule has 0 unspecified atom stereocenters. The van der Waals surface area contributed by atoms with Gasteiger partial charge in [0.1, 0.15) is 11.6 Å². The van der Waals surface area contributed by atoms with E-state index in [0.29, 0.717) is 29.6 Å². The predicted molar refractivity (Wildman–Crippen MR) is 287 cm³/mol. The maximum Gasteiger partial charge on any atom is 0.497 e. The van der Waals surface area contributed by atoms with Gasteiger partial charge in [0.05, 0.1) is 63.1 Å². The third-order valence-electron chi connectivity index (χ3n) is 12.9. The van der Waals surface area contributed by atoms with Gasteiger partial charge in [-0.1, -0.05) is 25.6 Å². The highest BCUT2D eigenvalue weighted by Crippen LogP contribution is 2.49. The van der Waals surface area contributed by atoms with E-state index in [1.54, 1.807) is 26.0 Å². The monoisotopic (exact) mass is 1150 g/mol. The summed E-state index contributed by atoms with van der Waals surface area (Å²) >= 11 is 3.10. The van der Waals surface area contributed by atoms with Crippen LogP contribution in [0.2, 0.25) is 0 Å². The zero-order chi connectivity index (χ0) is 43.4. The molecular formula is C43H73B3BrF2IO10S4. The van der Waals surface area contributed by atoms with Gasteiger partial charge in [0.2, 0.25) is 0 Å². The molecule has 2 saturated carbocycles. The average molecular weight is 1160 g/mol. The van der Waals surface area contributed by atoms with Gasteiger partial charge in [0, 0.05) is 5.46 Å². The highest BCUT2D eigenvalue weighted by Gasteiger charge is 2.64. The Balaban J connectivity index is 0. The standard InChI is InChI=1S/C18H24BFO4.C12H24B2O4.C12H12BrFO2.CH4.HI.4H2S/c1-6-22-16(21)13-10-12(13)11-7-8-14(15(20)9-11)19-23-17(2,3)18(4,5)24-19;1-9(2)10(3,4)16-13(15-9)14-17-11(5,6)12(7,8)18-14;1-2-16-12(15)9-6-8(9)7-3-4-10(13)11(14)5-7;;;;;;/h7-9,12-13H,6,10H2,1-5H3;1-8H3;3-5,8-9H,2,6H2,1H3;1H4;1H;4*1H2/t12-,13+;;8-,9+;;;;;;/m1.1....../s1. The molecule has 2 aromatic rings. The fourth-order valence-corrected chi connectivity index (χ4v) is 7.07. The number of rotatable bonds is 8. The zero-order valence-corrected chi connectivity index (χ0v) is 46.9. The number of halogens is 4. The Bertz CT molecular complexity index is 1790. The lowest BCUT2D eigenvalue weighted by Gasteiger charge is -2.32. The van der Waals surface area contributed by atoms with E-state index in [-0.39, 0.29) is 155 Å². The smallest absolute Gasteiger partial charge is 0.466 e. The topological polar surface area (TPSA) is 108 Å². The molecule has 0 radical (unpaired) electrons. The first-order valence-corrected chi connectivity index (χ1v) is 21.1. The van der Waals surface area contributed by atoms with E-state index in [0.717, 1.165) is 17.5 Å². The van der Waals surface area contributed by atoms with Crippen molar-refractivity contribution in [3.8, 4) is 0 Å². The Morgan fingerprint density at radius 2 is 0.906 bits per heavy atom. The molecule has 64 heavy (non-hydrogen) atoms. The summed E-state index contributed by atoms with van der Waals surface area (Å²) in [5.74, 6) is -1.07. The summed E-state index contributed by atoms with van der Waals surface area (Å²) < 4.78 is 73.9. The first-order chi connectivity index (χ1) is 26.7. The molecule has 10 nitrogen and oxygen atoms in total. The van der Waals surface area contributed by atoms with E-state index in [9.17, 15) is 18.4 Å². The minimum atomic E-state index is -0.718. The summed E-state index contributed by atoms with van der Waals surface area (Å²) in [7, 11) is -1.67. The Kier molecular flexibility index (Phi) is 25.3. The molecular weight excluding hydrogens is 1080 g/mol. The maximum atomic E-state index is 14.6. The van der Waals surface area contributed by atoms with Crippen molar-refractivity contribution >= 4 is 132 Å². The van der Waals surface area contributed by atoms with Crippen LogP contribution in [-0.2, 0) is 47.0 Å². The molecule has 0 bridgehead atoms. The molecule has 3 saturated heterocycles. The molecule has 5 fully saturated rings. The molecule has 7 rings (SSSR count). The largest absolute Gasteiger partial charge is 0.497 e. The third kappa shape index (κ3) is 14.7. The fourth-order valence-electron chi connectivity index (χ4n) is 6.82. The summed E-state index contributed by atoms with van der Waals surface area (Å²) in [5.41, 5.74) is -0.358. The van der Waals surface area contributed by atoms with Crippen LogP contribution in [0.1, 0.15) is 140 Å². The summed E-state index contributed by atoms with van der Waals surface area (Å²) in [6.45, 7) is 28.3. The summed E-state index contributed by atoms with van der Waals surface area (Å²) in [6.07, 6.45) is 1.48. The Hall–Kier alpha value is -0.195. The molecule has 0 spiro atoms. The fraction of sp³-hybridized carbons (Fsp3) is 0.674.